The van der Waals surface area contributed by atoms with Crippen LogP contribution in [0.3, 0.4) is 0 Å². The van der Waals surface area contributed by atoms with Gasteiger partial charge in [-0.25, -0.2) is 4.98 Å². The van der Waals surface area contributed by atoms with Crippen molar-refractivity contribution in [3.8, 4) is 28.5 Å². The van der Waals surface area contributed by atoms with Gasteiger partial charge in [0, 0.05) is 17.0 Å². The molecule has 0 bridgehead atoms. The maximum absolute atomic E-state index is 13.3. The lowest BCUT2D eigenvalue weighted by molar-refractivity contribution is -0.384. The summed E-state index contributed by atoms with van der Waals surface area (Å²) in [6.45, 7) is 0. The van der Waals surface area contributed by atoms with Gasteiger partial charge >= 0.3 is 0 Å². The first kappa shape index (κ1) is 22.5. The molecule has 0 aliphatic rings. The van der Waals surface area contributed by atoms with Gasteiger partial charge in [0.05, 0.1) is 54.8 Å². The molecule has 1 heterocycles. The molecule has 4 aromatic rings. The largest absolute Gasteiger partial charge is 0.494 e. The molecule has 9 nitrogen and oxygen atoms in total. The molecule has 0 aliphatic heterocycles. The molecule has 0 radical (unpaired) electrons. The van der Waals surface area contributed by atoms with Gasteiger partial charge in [0.2, 0.25) is 0 Å². The standard InChI is InChI=1S/C25H21N3O6/c1-32-22-11-8-15(12-24(22)34-3)21-14-18(17-6-4-5-7-19(17)26-21)25(29)27-20-10-9-16(28(30)31)13-23(20)33-2/h4-14H,1-3H3,(H,27,29). The number of carbonyl (C=O) groups is 1. The van der Waals surface area contributed by atoms with Crippen molar-refractivity contribution >= 4 is 28.2 Å². The highest BCUT2D eigenvalue weighted by Gasteiger charge is 2.18. The van der Waals surface area contributed by atoms with Crippen molar-refractivity contribution in [1.82, 2.24) is 4.98 Å². The number of nitrogens with one attached hydrogen (secondary N) is 1. The van der Waals surface area contributed by atoms with Crippen molar-refractivity contribution in [2.75, 3.05) is 26.6 Å². The summed E-state index contributed by atoms with van der Waals surface area (Å²) in [6.07, 6.45) is 0. The fourth-order valence-electron chi connectivity index (χ4n) is 3.59. The summed E-state index contributed by atoms with van der Waals surface area (Å²) in [5, 5.41) is 14.5. The molecule has 0 saturated heterocycles. The van der Waals surface area contributed by atoms with Gasteiger partial charge in [-0.15, -0.1) is 0 Å². The highest BCUT2D eigenvalue weighted by molar-refractivity contribution is 6.13. The second-order valence-corrected chi connectivity index (χ2v) is 7.24. The van der Waals surface area contributed by atoms with E-state index in [0.717, 1.165) is 5.56 Å². The van der Waals surface area contributed by atoms with Gasteiger partial charge in [-0.3, -0.25) is 14.9 Å². The number of aromatic nitrogens is 1. The van der Waals surface area contributed by atoms with Crippen molar-refractivity contribution in [3.05, 3.63) is 82.4 Å². The highest BCUT2D eigenvalue weighted by Crippen LogP contribution is 2.34. The van der Waals surface area contributed by atoms with Crippen LogP contribution in [-0.2, 0) is 0 Å². The van der Waals surface area contributed by atoms with Crippen LogP contribution in [0.15, 0.2) is 66.7 Å². The quantitative estimate of drug-likeness (QED) is 0.303. The van der Waals surface area contributed by atoms with Gasteiger partial charge in [-0.2, -0.15) is 0 Å². The number of rotatable bonds is 7. The van der Waals surface area contributed by atoms with Crippen LogP contribution >= 0.6 is 0 Å². The zero-order chi connectivity index (χ0) is 24.2. The number of pyridine rings is 1. The Kier molecular flexibility index (Phi) is 6.26. The number of nitrogens with zero attached hydrogens (tertiary/aromatic N) is 2. The van der Waals surface area contributed by atoms with Crippen LogP contribution in [0.5, 0.6) is 17.2 Å². The first-order valence-electron chi connectivity index (χ1n) is 10.2. The first-order chi connectivity index (χ1) is 16.4. The summed E-state index contributed by atoms with van der Waals surface area (Å²) in [7, 11) is 4.48. The Morgan fingerprint density at radius 2 is 1.62 bits per heavy atom. The maximum atomic E-state index is 13.3. The molecule has 0 fully saturated rings. The van der Waals surface area contributed by atoms with Crippen molar-refractivity contribution in [2.24, 2.45) is 0 Å². The minimum Gasteiger partial charge on any atom is -0.494 e. The Hall–Kier alpha value is -4.66. The van der Waals surface area contributed by atoms with Crippen LogP contribution in [0, 0.1) is 10.1 Å². The second-order valence-electron chi connectivity index (χ2n) is 7.24. The number of nitro groups is 1. The number of methoxy groups -OCH3 is 3. The molecule has 1 amide bonds. The molecule has 0 atom stereocenters. The SMILES string of the molecule is COc1cc([N+](=O)[O-])ccc1NC(=O)c1cc(-c2ccc(OC)c(OC)c2)nc2ccccc12. The molecule has 0 unspecified atom stereocenters. The summed E-state index contributed by atoms with van der Waals surface area (Å²) < 4.78 is 16.0. The molecule has 0 spiro atoms. The number of fused-ring (bicyclic) bond motifs is 1. The van der Waals surface area contributed by atoms with E-state index in [0.29, 0.717) is 39.3 Å². The molecule has 34 heavy (non-hydrogen) atoms. The lowest BCUT2D eigenvalue weighted by atomic mass is 10.0. The van der Waals surface area contributed by atoms with Crippen molar-refractivity contribution in [2.45, 2.75) is 0 Å². The summed E-state index contributed by atoms with van der Waals surface area (Å²) >= 11 is 0. The monoisotopic (exact) mass is 459 g/mol. The number of para-hydroxylation sites is 1. The molecule has 1 aromatic heterocycles. The average molecular weight is 459 g/mol. The normalized spacial score (nSPS) is 10.6. The molecule has 3 aromatic carbocycles. The second kappa shape index (κ2) is 9.45. The fraction of sp³-hybridized carbons (Fsp3) is 0.120. The molecule has 9 heteroatoms. The highest BCUT2D eigenvalue weighted by atomic mass is 16.6. The molecular weight excluding hydrogens is 438 g/mol. The number of non-ortho nitro benzene ring substituents is 1. The smallest absolute Gasteiger partial charge is 0.273 e. The summed E-state index contributed by atoms with van der Waals surface area (Å²) in [5.41, 5.74) is 2.50. The van der Waals surface area contributed by atoms with Crippen LogP contribution < -0.4 is 19.5 Å². The third-order valence-electron chi connectivity index (χ3n) is 5.28. The fourth-order valence-corrected chi connectivity index (χ4v) is 3.59. The minimum absolute atomic E-state index is 0.139. The number of amides is 1. The zero-order valence-electron chi connectivity index (χ0n) is 18.7. The van der Waals surface area contributed by atoms with Crippen LogP contribution in [0.1, 0.15) is 10.4 Å². The number of hydrogen-bond acceptors (Lipinski definition) is 7. The topological polar surface area (TPSA) is 113 Å². The lowest BCUT2D eigenvalue weighted by Gasteiger charge is -2.13. The molecule has 0 saturated carbocycles. The van der Waals surface area contributed by atoms with Crippen molar-refractivity contribution < 1.29 is 23.9 Å². The Morgan fingerprint density at radius 3 is 2.32 bits per heavy atom. The minimum atomic E-state index is -0.528. The summed E-state index contributed by atoms with van der Waals surface area (Å²) in [4.78, 5) is 28.6. The van der Waals surface area contributed by atoms with Crippen LogP contribution in [-0.4, -0.2) is 37.1 Å². The van der Waals surface area contributed by atoms with Crippen LogP contribution in [0.4, 0.5) is 11.4 Å². The maximum Gasteiger partial charge on any atom is 0.273 e. The number of benzene rings is 3. The molecule has 172 valence electrons. The first-order valence-corrected chi connectivity index (χ1v) is 10.2. The Balaban J connectivity index is 1.78. The average Bonchev–Trinajstić information content (AvgIpc) is 2.87. The predicted octanol–water partition coefficient (Wildman–Crippen LogP) is 5.09. The van der Waals surface area contributed by atoms with E-state index in [-0.39, 0.29) is 11.4 Å². The predicted molar refractivity (Wildman–Crippen MR) is 128 cm³/mol. The van der Waals surface area contributed by atoms with Gasteiger partial charge in [0.15, 0.2) is 11.5 Å². The number of carbonyl (C=O) groups excluding carboxylic acids is 1. The number of hydrogen-bond donors (Lipinski definition) is 1. The molecule has 0 aliphatic carbocycles. The van der Waals surface area contributed by atoms with Crippen LogP contribution in [0.2, 0.25) is 0 Å². The van der Waals surface area contributed by atoms with E-state index < -0.39 is 10.8 Å². The van der Waals surface area contributed by atoms with Crippen molar-refractivity contribution in [1.29, 1.82) is 0 Å². The van der Waals surface area contributed by atoms with Crippen molar-refractivity contribution in [3.63, 3.8) is 0 Å². The number of nitro benzene ring substituents is 1. The third kappa shape index (κ3) is 4.31. The van der Waals surface area contributed by atoms with Gasteiger partial charge < -0.3 is 19.5 Å². The van der Waals surface area contributed by atoms with E-state index >= 15 is 0 Å². The number of anilines is 1. The Labute approximate surface area is 195 Å². The van der Waals surface area contributed by atoms with E-state index in [1.807, 2.05) is 30.3 Å². The van der Waals surface area contributed by atoms with E-state index in [1.54, 1.807) is 32.4 Å². The van der Waals surface area contributed by atoms with E-state index in [4.69, 9.17) is 19.2 Å². The van der Waals surface area contributed by atoms with Crippen LogP contribution in [0.25, 0.3) is 22.2 Å². The summed E-state index contributed by atoms with van der Waals surface area (Å²) in [5.74, 6) is 0.889. The number of ether oxygens (including phenoxy) is 3. The Morgan fingerprint density at radius 1 is 0.882 bits per heavy atom. The molecular formula is C25H21N3O6. The zero-order valence-corrected chi connectivity index (χ0v) is 18.7. The lowest BCUT2D eigenvalue weighted by Crippen LogP contribution is -2.14. The van der Waals surface area contributed by atoms with Gasteiger partial charge in [0.1, 0.15) is 5.75 Å². The van der Waals surface area contributed by atoms with E-state index in [2.05, 4.69) is 5.32 Å². The van der Waals surface area contributed by atoms with Gasteiger partial charge in [-0.1, -0.05) is 18.2 Å². The molecule has 4 rings (SSSR count). The summed E-state index contributed by atoms with van der Waals surface area (Å²) in [6, 6.07) is 18.4. The van der Waals surface area contributed by atoms with Gasteiger partial charge in [0.25, 0.3) is 11.6 Å². The van der Waals surface area contributed by atoms with E-state index in [1.165, 1.54) is 25.3 Å². The van der Waals surface area contributed by atoms with Gasteiger partial charge in [-0.05, 0) is 36.4 Å². The molecule has 1 N–H and O–H groups in total. The van der Waals surface area contributed by atoms with E-state index in [9.17, 15) is 14.9 Å². The Bertz CT molecular complexity index is 1400. The third-order valence-corrected chi connectivity index (χ3v) is 5.28.